The summed E-state index contributed by atoms with van der Waals surface area (Å²) >= 11 is 0. The lowest BCUT2D eigenvalue weighted by molar-refractivity contribution is -0.0326. The van der Waals surface area contributed by atoms with Crippen LogP contribution < -0.4 is 4.74 Å². The van der Waals surface area contributed by atoms with Crippen molar-refractivity contribution >= 4 is 6.29 Å². The van der Waals surface area contributed by atoms with E-state index in [1.165, 1.54) is 18.2 Å². The summed E-state index contributed by atoms with van der Waals surface area (Å²) in [6.07, 6.45) is 2.56. The number of benzene rings is 1. The molecule has 1 unspecified atom stereocenters. The van der Waals surface area contributed by atoms with Crippen molar-refractivity contribution in [2.24, 2.45) is 0 Å². The SMILES string of the molecule is CC1(C)CCC(COc2cc(F)cc(C=O)c2)O1. The Balaban J connectivity index is 1.94. The predicted octanol–water partition coefficient (Wildman–Crippen LogP) is 2.97. The lowest BCUT2D eigenvalue weighted by Gasteiger charge is -2.19. The van der Waals surface area contributed by atoms with Gasteiger partial charge in [0.05, 0.1) is 11.7 Å². The van der Waals surface area contributed by atoms with Crippen LogP contribution in [0, 0.1) is 5.82 Å². The number of carbonyl (C=O) groups is 1. The number of hydrogen-bond acceptors (Lipinski definition) is 3. The van der Waals surface area contributed by atoms with E-state index in [1.54, 1.807) is 0 Å². The molecule has 3 nitrogen and oxygen atoms in total. The Labute approximate surface area is 106 Å². The number of rotatable bonds is 4. The minimum absolute atomic E-state index is 0.0305. The van der Waals surface area contributed by atoms with Gasteiger partial charge in [-0.25, -0.2) is 4.39 Å². The third-order valence-electron chi connectivity index (χ3n) is 3.02. The molecule has 0 N–H and O–H groups in total. The van der Waals surface area contributed by atoms with Gasteiger partial charge in [0.1, 0.15) is 24.5 Å². The summed E-state index contributed by atoms with van der Waals surface area (Å²) in [5.74, 6) is -0.104. The molecule has 0 bridgehead atoms. The molecule has 0 aliphatic carbocycles. The minimum Gasteiger partial charge on any atom is -0.491 e. The van der Waals surface area contributed by atoms with Crippen LogP contribution in [0.25, 0.3) is 0 Å². The van der Waals surface area contributed by atoms with E-state index >= 15 is 0 Å². The molecule has 1 aromatic carbocycles. The van der Waals surface area contributed by atoms with Crippen LogP contribution in [0.3, 0.4) is 0 Å². The monoisotopic (exact) mass is 252 g/mol. The van der Waals surface area contributed by atoms with Gasteiger partial charge in [0.15, 0.2) is 0 Å². The zero-order chi connectivity index (χ0) is 13.2. The standard InChI is InChI=1S/C14H17FO3/c1-14(2)4-3-12(18-14)9-17-13-6-10(8-16)5-11(15)7-13/h5-8,12H,3-4,9H2,1-2H3. The predicted molar refractivity (Wildman–Crippen MR) is 65.5 cm³/mol. The van der Waals surface area contributed by atoms with Gasteiger partial charge in [-0.15, -0.1) is 0 Å². The second-order valence-corrected chi connectivity index (χ2v) is 5.19. The number of hydrogen-bond donors (Lipinski definition) is 0. The minimum atomic E-state index is -0.470. The number of halogens is 1. The van der Waals surface area contributed by atoms with E-state index in [0.717, 1.165) is 12.8 Å². The highest BCUT2D eigenvalue weighted by Crippen LogP contribution is 2.29. The van der Waals surface area contributed by atoms with E-state index in [-0.39, 0.29) is 17.3 Å². The maximum Gasteiger partial charge on any atom is 0.150 e. The van der Waals surface area contributed by atoms with Crippen LogP contribution in [-0.4, -0.2) is 24.6 Å². The zero-order valence-electron chi connectivity index (χ0n) is 10.6. The summed E-state index contributed by atoms with van der Waals surface area (Å²) in [4.78, 5) is 10.6. The van der Waals surface area contributed by atoms with Crippen molar-refractivity contribution in [3.8, 4) is 5.75 Å². The van der Waals surface area contributed by atoms with Crippen molar-refractivity contribution in [3.63, 3.8) is 0 Å². The molecule has 2 rings (SSSR count). The van der Waals surface area contributed by atoms with Crippen LogP contribution >= 0.6 is 0 Å². The normalized spacial score (nSPS) is 21.8. The Hall–Kier alpha value is -1.42. The van der Waals surface area contributed by atoms with Gasteiger partial charge in [-0.05, 0) is 38.8 Å². The Kier molecular flexibility index (Phi) is 3.66. The molecule has 1 fully saturated rings. The average Bonchev–Trinajstić information content (AvgIpc) is 2.65. The Bertz CT molecular complexity index is 443. The molecule has 1 aliphatic rings. The van der Waals surface area contributed by atoms with Crippen LogP contribution in [0.1, 0.15) is 37.0 Å². The van der Waals surface area contributed by atoms with Crippen molar-refractivity contribution < 1.29 is 18.7 Å². The fourth-order valence-corrected chi connectivity index (χ4v) is 2.12. The van der Waals surface area contributed by atoms with Gasteiger partial charge in [-0.3, -0.25) is 4.79 Å². The maximum atomic E-state index is 13.2. The fourth-order valence-electron chi connectivity index (χ4n) is 2.12. The first-order chi connectivity index (χ1) is 8.48. The van der Waals surface area contributed by atoms with E-state index in [1.807, 2.05) is 13.8 Å². The fraction of sp³-hybridized carbons (Fsp3) is 0.500. The number of aldehydes is 1. The molecule has 1 saturated heterocycles. The quantitative estimate of drug-likeness (QED) is 0.773. The molecule has 1 atom stereocenters. The smallest absolute Gasteiger partial charge is 0.150 e. The second-order valence-electron chi connectivity index (χ2n) is 5.19. The largest absolute Gasteiger partial charge is 0.491 e. The van der Waals surface area contributed by atoms with Gasteiger partial charge in [0, 0.05) is 11.6 Å². The van der Waals surface area contributed by atoms with Crippen molar-refractivity contribution in [2.75, 3.05) is 6.61 Å². The molecule has 0 saturated carbocycles. The molecular formula is C14H17FO3. The molecular weight excluding hydrogens is 235 g/mol. The highest BCUT2D eigenvalue weighted by molar-refractivity contribution is 5.75. The number of ether oxygens (including phenoxy) is 2. The first-order valence-electron chi connectivity index (χ1n) is 6.05. The van der Waals surface area contributed by atoms with Crippen molar-refractivity contribution in [1.82, 2.24) is 0 Å². The first-order valence-corrected chi connectivity index (χ1v) is 6.05. The van der Waals surface area contributed by atoms with Crippen LogP contribution in [0.4, 0.5) is 4.39 Å². The zero-order valence-corrected chi connectivity index (χ0v) is 10.6. The lowest BCUT2D eigenvalue weighted by atomic mass is 10.1. The van der Waals surface area contributed by atoms with Crippen LogP contribution in [0.15, 0.2) is 18.2 Å². The highest BCUT2D eigenvalue weighted by Gasteiger charge is 2.31. The average molecular weight is 252 g/mol. The summed E-state index contributed by atoms with van der Waals surface area (Å²) in [6.45, 7) is 4.46. The third kappa shape index (κ3) is 3.29. The molecule has 0 amide bonds. The van der Waals surface area contributed by atoms with Crippen molar-refractivity contribution in [1.29, 1.82) is 0 Å². The molecule has 1 heterocycles. The van der Waals surface area contributed by atoms with Crippen LogP contribution in [0.5, 0.6) is 5.75 Å². The molecule has 18 heavy (non-hydrogen) atoms. The van der Waals surface area contributed by atoms with Gasteiger partial charge in [0.2, 0.25) is 0 Å². The summed E-state index contributed by atoms with van der Waals surface area (Å²) in [6, 6.07) is 3.97. The Morgan fingerprint density at radius 2 is 2.28 bits per heavy atom. The molecule has 1 aromatic rings. The van der Waals surface area contributed by atoms with E-state index < -0.39 is 5.82 Å². The second kappa shape index (κ2) is 5.06. The van der Waals surface area contributed by atoms with Gasteiger partial charge < -0.3 is 9.47 Å². The topological polar surface area (TPSA) is 35.5 Å². The molecule has 0 spiro atoms. The number of carbonyl (C=O) groups excluding carboxylic acids is 1. The lowest BCUT2D eigenvalue weighted by Crippen LogP contribution is -2.23. The van der Waals surface area contributed by atoms with E-state index in [2.05, 4.69) is 0 Å². The molecule has 0 aromatic heterocycles. The third-order valence-corrected chi connectivity index (χ3v) is 3.02. The van der Waals surface area contributed by atoms with Crippen molar-refractivity contribution in [3.05, 3.63) is 29.6 Å². The highest BCUT2D eigenvalue weighted by atomic mass is 19.1. The van der Waals surface area contributed by atoms with Gasteiger partial charge in [-0.2, -0.15) is 0 Å². The summed E-state index contributed by atoms with van der Waals surface area (Å²) in [5, 5.41) is 0. The summed E-state index contributed by atoms with van der Waals surface area (Å²) in [7, 11) is 0. The molecule has 98 valence electrons. The van der Waals surface area contributed by atoms with E-state index in [0.29, 0.717) is 18.6 Å². The van der Waals surface area contributed by atoms with Crippen molar-refractivity contribution in [2.45, 2.75) is 38.4 Å². The molecule has 1 aliphatic heterocycles. The van der Waals surface area contributed by atoms with Gasteiger partial charge in [0.25, 0.3) is 0 Å². The Morgan fingerprint density at radius 3 is 2.89 bits per heavy atom. The first kappa shape index (κ1) is 13.0. The molecule has 0 radical (unpaired) electrons. The van der Waals surface area contributed by atoms with E-state index in [9.17, 15) is 9.18 Å². The molecule has 4 heteroatoms. The van der Waals surface area contributed by atoms with Crippen LogP contribution in [-0.2, 0) is 4.74 Å². The summed E-state index contributed by atoms with van der Waals surface area (Å²) in [5.41, 5.74) is 0.168. The summed E-state index contributed by atoms with van der Waals surface area (Å²) < 4.78 is 24.4. The maximum absolute atomic E-state index is 13.2. The van der Waals surface area contributed by atoms with Gasteiger partial charge in [-0.1, -0.05) is 0 Å². The Morgan fingerprint density at radius 1 is 1.50 bits per heavy atom. The van der Waals surface area contributed by atoms with Gasteiger partial charge >= 0.3 is 0 Å². The van der Waals surface area contributed by atoms with E-state index in [4.69, 9.17) is 9.47 Å². The van der Waals surface area contributed by atoms with Crippen LogP contribution in [0.2, 0.25) is 0 Å².